The van der Waals surface area contributed by atoms with Crippen LogP contribution in [0.3, 0.4) is 0 Å². The summed E-state index contributed by atoms with van der Waals surface area (Å²) in [6, 6.07) is 8.55. The summed E-state index contributed by atoms with van der Waals surface area (Å²) in [4.78, 5) is 10.8. The Morgan fingerprint density at radius 2 is 2.06 bits per heavy atom. The molecular weight excluding hydrogens is 256 g/mol. The van der Waals surface area contributed by atoms with Crippen molar-refractivity contribution in [3.63, 3.8) is 0 Å². The lowest BCUT2D eigenvalue weighted by atomic mass is 10.3. The summed E-state index contributed by atoms with van der Waals surface area (Å²) in [6.45, 7) is 1.86. The van der Waals surface area contributed by atoms with Crippen molar-refractivity contribution < 1.29 is 19.1 Å². The Hall–Kier alpha value is -1.94. The van der Waals surface area contributed by atoms with Gasteiger partial charge in [0, 0.05) is 10.6 Å². The fourth-order valence-electron chi connectivity index (χ4n) is 1.52. The van der Waals surface area contributed by atoms with Crippen LogP contribution in [0.5, 0.6) is 5.75 Å². The lowest BCUT2D eigenvalue weighted by Crippen LogP contribution is -1.96. The standard InChI is InChI=1S/C13H11ClO4/c1-8-6-11(18-12(8)13(15)16)7-17-10-4-2-9(14)3-5-10/h2-6H,7H2,1H3,(H,15,16). The van der Waals surface area contributed by atoms with Gasteiger partial charge in [-0.05, 0) is 37.3 Å². The van der Waals surface area contributed by atoms with Crippen molar-refractivity contribution in [3.05, 3.63) is 52.4 Å². The summed E-state index contributed by atoms with van der Waals surface area (Å²) in [6.07, 6.45) is 0. The number of hydrogen-bond acceptors (Lipinski definition) is 3. The second kappa shape index (κ2) is 5.14. The number of aryl methyl sites for hydroxylation is 1. The number of ether oxygens (including phenoxy) is 1. The molecule has 94 valence electrons. The van der Waals surface area contributed by atoms with Gasteiger partial charge in [0.1, 0.15) is 18.1 Å². The number of furan rings is 1. The third-order valence-electron chi connectivity index (χ3n) is 2.36. The zero-order chi connectivity index (χ0) is 13.1. The first kappa shape index (κ1) is 12.5. The van der Waals surface area contributed by atoms with Crippen molar-refractivity contribution in [2.24, 2.45) is 0 Å². The van der Waals surface area contributed by atoms with Gasteiger partial charge in [-0.15, -0.1) is 0 Å². The zero-order valence-corrected chi connectivity index (χ0v) is 10.4. The van der Waals surface area contributed by atoms with Crippen molar-refractivity contribution in [1.29, 1.82) is 0 Å². The summed E-state index contributed by atoms with van der Waals surface area (Å²) in [5.74, 6) is -0.0138. The Balaban J connectivity index is 2.04. The highest BCUT2D eigenvalue weighted by molar-refractivity contribution is 6.30. The molecule has 4 nitrogen and oxygen atoms in total. The molecular formula is C13H11ClO4. The highest BCUT2D eigenvalue weighted by Crippen LogP contribution is 2.19. The first-order chi connectivity index (χ1) is 8.56. The predicted molar refractivity (Wildman–Crippen MR) is 66.2 cm³/mol. The van der Waals surface area contributed by atoms with Gasteiger partial charge >= 0.3 is 5.97 Å². The summed E-state index contributed by atoms with van der Waals surface area (Å²) in [7, 11) is 0. The Kier molecular flexibility index (Phi) is 3.58. The van der Waals surface area contributed by atoms with Gasteiger partial charge in [-0.2, -0.15) is 0 Å². The van der Waals surface area contributed by atoms with E-state index in [4.69, 9.17) is 25.9 Å². The molecule has 0 atom stereocenters. The molecule has 0 amide bonds. The molecule has 0 saturated heterocycles. The van der Waals surface area contributed by atoms with Crippen LogP contribution in [0.2, 0.25) is 5.02 Å². The maximum absolute atomic E-state index is 10.8. The van der Waals surface area contributed by atoms with Gasteiger partial charge in [-0.25, -0.2) is 4.79 Å². The van der Waals surface area contributed by atoms with Crippen molar-refractivity contribution in [3.8, 4) is 5.75 Å². The van der Waals surface area contributed by atoms with Crippen LogP contribution in [-0.2, 0) is 6.61 Å². The monoisotopic (exact) mass is 266 g/mol. The molecule has 0 aliphatic carbocycles. The third kappa shape index (κ3) is 2.84. The fraction of sp³-hybridized carbons (Fsp3) is 0.154. The molecule has 1 N–H and O–H groups in total. The fourth-order valence-corrected chi connectivity index (χ4v) is 1.64. The van der Waals surface area contributed by atoms with E-state index in [1.165, 1.54) is 0 Å². The number of carboxylic acids is 1. The number of carbonyl (C=O) groups is 1. The van der Waals surface area contributed by atoms with E-state index in [0.29, 0.717) is 22.1 Å². The van der Waals surface area contributed by atoms with E-state index < -0.39 is 5.97 Å². The van der Waals surface area contributed by atoms with Gasteiger partial charge < -0.3 is 14.3 Å². The molecule has 1 aromatic heterocycles. The van der Waals surface area contributed by atoms with Gasteiger partial charge in [0.05, 0.1) is 0 Å². The molecule has 0 unspecified atom stereocenters. The van der Waals surface area contributed by atoms with Gasteiger partial charge in [0.25, 0.3) is 0 Å². The number of aromatic carboxylic acids is 1. The van der Waals surface area contributed by atoms with Gasteiger partial charge in [0.2, 0.25) is 5.76 Å². The lowest BCUT2D eigenvalue weighted by Gasteiger charge is -2.03. The second-order valence-electron chi connectivity index (χ2n) is 3.77. The van der Waals surface area contributed by atoms with Gasteiger partial charge in [-0.1, -0.05) is 11.6 Å². The van der Waals surface area contributed by atoms with E-state index >= 15 is 0 Å². The smallest absolute Gasteiger partial charge is 0.372 e. The molecule has 2 rings (SSSR count). The normalized spacial score (nSPS) is 10.3. The van der Waals surface area contributed by atoms with Crippen LogP contribution in [0.25, 0.3) is 0 Å². The first-order valence-electron chi connectivity index (χ1n) is 5.27. The van der Waals surface area contributed by atoms with Crippen molar-refractivity contribution in [2.45, 2.75) is 13.5 Å². The largest absolute Gasteiger partial charge is 0.486 e. The molecule has 2 aromatic rings. The lowest BCUT2D eigenvalue weighted by molar-refractivity contribution is 0.0657. The SMILES string of the molecule is Cc1cc(COc2ccc(Cl)cc2)oc1C(=O)O. The number of hydrogen-bond donors (Lipinski definition) is 1. The molecule has 0 saturated carbocycles. The van der Waals surface area contributed by atoms with Crippen molar-refractivity contribution in [2.75, 3.05) is 0 Å². The molecule has 18 heavy (non-hydrogen) atoms. The van der Waals surface area contributed by atoms with E-state index in [2.05, 4.69) is 0 Å². The summed E-state index contributed by atoms with van der Waals surface area (Å²) >= 11 is 5.75. The number of benzene rings is 1. The van der Waals surface area contributed by atoms with Gasteiger partial charge in [0.15, 0.2) is 0 Å². The van der Waals surface area contributed by atoms with Gasteiger partial charge in [-0.3, -0.25) is 0 Å². The molecule has 0 radical (unpaired) electrons. The Labute approximate surface area is 109 Å². The average molecular weight is 267 g/mol. The quantitative estimate of drug-likeness (QED) is 0.920. The summed E-state index contributed by atoms with van der Waals surface area (Å²) in [5.41, 5.74) is 0.581. The van der Waals surface area contributed by atoms with Crippen LogP contribution in [0.15, 0.2) is 34.7 Å². The minimum atomic E-state index is -1.08. The van der Waals surface area contributed by atoms with Crippen molar-refractivity contribution >= 4 is 17.6 Å². The third-order valence-corrected chi connectivity index (χ3v) is 2.61. The topological polar surface area (TPSA) is 59.7 Å². The van der Waals surface area contributed by atoms with Crippen LogP contribution in [0.1, 0.15) is 21.9 Å². The highest BCUT2D eigenvalue weighted by atomic mass is 35.5. The van der Waals surface area contributed by atoms with Crippen LogP contribution >= 0.6 is 11.6 Å². The highest BCUT2D eigenvalue weighted by Gasteiger charge is 2.14. The number of carboxylic acid groups (broad SMARTS) is 1. The van der Waals surface area contributed by atoms with E-state index in [1.807, 2.05) is 0 Å². The molecule has 5 heteroatoms. The second-order valence-corrected chi connectivity index (χ2v) is 4.21. The zero-order valence-electron chi connectivity index (χ0n) is 9.64. The maximum atomic E-state index is 10.8. The summed E-state index contributed by atoms with van der Waals surface area (Å²) in [5, 5.41) is 9.47. The van der Waals surface area contributed by atoms with E-state index in [0.717, 1.165) is 0 Å². The molecule has 0 aliphatic rings. The minimum Gasteiger partial charge on any atom is -0.486 e. The molecule has 0 spiro atoms. The molecule has 0 bridgehead atoms. The Bertz CT molecular complexity index is 557. The number of halogens is 1. The minimum absolute atomic E-state index is 0.0512. The Morgan fingerprint density at radius 1 is 1.39 bits per heavy atom. The maximum Gasteiger partial charge on any atom is 0.372 e. The van der Waals surface area contributed by atoms with E-state index in [-0.39, 0.29) is 12.4 Å². The van der Waals surface area contributed by atoms with Crippen molar-refractivity contribution in [1.82, 2.24) is 0 Å². The van der Waals surface area contributed by atoms with E-state index in [1.54, 1.807) is 37.3 Å². The first-order valence-corrected chi connectivity index (χ1v) is 5.65. The van der Waals surface area contributed by atoms with Crippen LogP contribution in [-0.4, -0.2) is 11.1 Å². The predicted octanol–water partition coefficient (Wildman–Crippen LogP) is 3.52. The van der Waals surface area contributed by atoms with Crippen LogP contribution in [0, 0.1) is 6.92 Å². The average Bonchev–Trinajstić information content (AvgIpc) is 2.70. The molecule has 1 heterocycles. The van der Waals surface area contributed by atoms with Crippen LogP contribution in [0.4, 0.5) is 0 Å². The Morgan fingerprint density at radius 3 is 2.61 bits per heavy atom. The molecule has 0 aliphatic heterocycles. The summed E-state index contributed by atoms with van der Waals surface area (Å²) < 4.78 is 10.6. The molecule has 1 aromatic carbocycles. The van der Waals surface area contributed by atoms with E-state index in [9.17, 15) is 4.79 Å². The van der Waals surface area contributed by atoms with Crippen LogP contribution < -0.4 is 4.74 Å². The molecule has 0 fully saturated rings. The number of rotatable bonds is 4.